The van der Waals surface area contributed by atoms with Gasteiger partial charge in [-0.25, -0.2) is 0 Å². The van der Waals surface area contributed by atoms with Crippen molar-refractivity contribution in [3.63, 3.8) is 0 Å². The van der Waals surface area contributed by atoms with Gasteiger partial charge in [-0.05, 0) is 39.7 Å². The van der Waals surface area contributed by atoms with E-state index in [1.807, 2.05) is 48.7 Å². The van der Waals surface area contributed by atoms with Crippen LogP contribution in [-0.4, -0.2) is 18.0 Å². The number of halogens is 1. The molecule has 0 atom stereocenters. The van der Waals surface area contributed by atoms with Crippen molar-refractivity contribution in [2.45, 2.75) is 6.54 Å². The van der Waals surface area contributed by atoms with Crippen LogP contribution in [0.4, 0.5) is 0 Å². The normalized spacial score (nSPS) is 10.8. The van der Waals surface area contributed by atoms with E-state index in [1.54, 1.807) is 7.11 Å². The first-order valence-corrected chi connectivity index (χ1v) is 7.37. The van der Waals surface area contributed by atoms with E-state index >= 15 is 0 Å². The minimum Gasteiger partial charge on any atom is -0.496 e. The summed E-state index contributed by atoms with van der Waals surface area (Å²) < 4.78 is 8.26. The monoisotopic (exact) mass is 343 g/mol. The quantitative estimate of drug-likeness (QED) is 0.662. The number of hydrogen-bond acceptors (Lipinski definition) is 2. The van der Waals surface area contributed by atoms with E-state index in [0.29, 0.717) is 6.54 Å². The predicted octanol–water partition coefficient (Wildman–Crippen LogP) is 4.27. The van der Waals surface area contributed by atoms with Gasteiger partial charge < -0.3 is 9.30 Å². The highest BCUT2D eigenvalue weighted by atomic mass is 79.9. The van der Waals surface area contributed by atoms with Gasteiger partial charge in [0.25, 0.3) is 0 Å². The molecule has 0 aliphatic heterocycles. The summed E-state index contributed by atoms with van der Waals surface area (Å²) in [6.45, 7) is 0.705. The van der Waals surface area contributed by atoms with E-state index in [2.05, 4.69) is 20.5 Å². The van der Waals surface area contributed by atoms with Gasteiger partial charge in [0.15, 0.2) is 6.29 Å². The topological polar surface area (TPSA) is 31.2 Å². The summed E-state index contributed by atoms with van der Waals surface area (Å²) in [5.74, 6) is 0.810. The third kappa shape index (κ3) is 2.59. The van der Waals surface area contributed by atoms with Crippen LogP contribution in [0, 0.1) is 0 Å². The zero-order valence-electron chi connectivity index (χ0n) is 11.5. The van der Waals surface area contributed by atoms with Crippen molar-refractivity contribution >= 4 is 33.1 Å². The Morgan fingerprint density at radius 1 is 1.24 bits per heavy atom. The third-order valence-corrected chi connectivity index (χ3v) is 4.14. The molecule has 21 heavy (non-hydrogen) atoms. The van der Waals surface area contributed by atoms with Crippen molar-refractivity contribution in [2.24, 2.45) is 0 Å². The number of carbonyl (C=O) groups is 1. The molecule has 0 unspecified atom stereocenters. The number of fused-ring (bicyclic) bond motifs is 1. The second-order valence-electron chi connectivity index (χ2n) is 4.82. The van der Waals surface area contributed by atoms with Crippen LogP contribution in [0.5, 0.6) is 5.75 Å². The summed E-state index contributed by atoms with van der Waals surface area (Å²) in [6, 6.07) is 13.9. The lowest BCUT2D eigenvalue weighted by Gasteiger charge is -2.08. The number of methoxy groups -OCH3 is 1. The third-order valence-electron chi connectivity index (χ3n) is 3.52. The molecule has 4 heteroatoms. The Kier molecular flexibility index (Phi) is 3.80. The first-order chi connectivity index (χ1) is 10.2. The van der Waals surface area contributed by atoms with Crippen molar-refractivity contribution in [2.75, 3.05) is 7.11 Å². The van der Waals surface area contributed by atoms with Crippen LogP contribution in [-0.2, 0) is 6.54 Å². The lowest BCUT2D eigenvalue weighted by molar-refractivity contribution is 0.112. The number of ether oxygens (including phenoxy) is 1. The molecule has 1 aromatic heterocycles. The number of carbonyl (C=O) groups excluding carboxylic acids is 1. The van der Waals surface area contributed by atoms with Crippen LogP contribution < -0.4 is 4.74 Å². The molecule has 106 valence electrons. The summed E-state index contributed by atoms with van der Waals surface area (Å²) in [4.78, 5) is 11.2. The van der Waals surface area contributed by atoms with Crippen molar-refractivity contribution in [1.29, 1.82) is 0 Å². The smallest absolute Gasteiger partial charge is 0.152 e. The maximum absolute atomic E-state index is 11.2. The second kappa shape index (κ2) is 5.74. The van der Waals surface area contributed by atoms with Gasteiger partial charge in [0.05, 0.1) is 11.6 Å². The van der Waals surface area contributed by atoms with Gasteiger partial charge in [0.1, 0.15) is 5.75 Å². The molecule has 0 aliphatic carbocycles. The lowest BCUT2D eigenvalue weighted by Crippen LogP contribution is -1.98. The zero-order valence-corrected chi connectivity index (χ0v) is 13.1. The van der Waals surface area contributed by atoms with Crippen LogP contribution in [0.2, 0.25) is 0 Å². The van der Waals surface area contributed by atoms with Gasteiger partial charge >= 0.3 is 0 Å². The van der Waals surface area contributed by atoms with Gasteiger partial charge in [-0.3, -0.25) is 4.79 Å². The maximum Gasteiger partial charge on any atom is 0.152 e. The van der Waals surface area contributed by atoms with Gasteiger partial charge in [0.2, 0.25) is 0 Å². The molecular weight excluding hydrogens is 330 g/mol. The summed E-state index contributed by atoms with van der Waals surface area (Å²) in [5, 5.41) is 0.986. The summed E-state index contributed by atoms with van der Waals surface area (Å²) in [7, 11) is 1.65. The molecule has 0 spiro atoms. The van der Waals surface area contributed by atoms with Gasteiger partial charge in [0, 0.05) is 29.2 Å². The molecule has 0 saturated heterocycles. The molecule has 0 saturated carbocycles. The molecule has 1 heterocycles. The minimum absolute atomic E-state index is 0.705. The molecule has 0 aliphatic rings. The van der Waals surface area contributed by atoms with Crippen molar-refractivity contribution in [3.8, 4) is 5.75 Å². The Labute approximate surface area is 131 Å². The fraction of sp³-hybridized carbons (Fsp3) is 0.118. The molecule has 0 bridgehead atoms. The molecule has 3 rings (SSSR count). The average Bonchev–Trinajstić information content (AvgIpc) is 2.86. The summed E-state index contributed by atoms with van der Waals surface area (Å²) >= 11 is 3.50. The zero-order chi connectivity index (χ0) is 14.8. The molecular formula is C17H14BrNO2. The van der Waals surface area contributed by atoms with E-state index in [1.165, 1.54) is 0 Å². The van der Waals surface area contributed by atoms with Crippen LogP contribution in [0.1, 0.15) is 15.9 Å². The second-order valence-corrected chi connectivity index (χ2v) is 5.67. The molecule has 0 radical (unpaired) electrons. The van der Waals surface area contributed by atoms with E-state index < -0.39 is 0 Å². The van der Waals surface area contributed by atoms with Crippen molar-refractivity contribution < 1.29 is 9.53 Å². The predicted molar refractivity (Wildman–Crippen MR) is 87.1 cm³/mol. The van der Waals surface area contributed by atoms with Gasteiger partial charge in [-0.15, -0.1) is 0 Å². The Hall–Kier alpha value is -2.07. The molecule has 2 aromatic carbocycles. The van der Waals surface area contributed by atoms with E-state index in [-0.39, 0.29) is 0 Å². The first-order valence-electron chi connectivity index (χ1n) is 6.58. The number of nitrogens with zero attached hydrogens (tertiary/aromatic N) is 1. The minimum atomic E-state index is 0.705. The Morgan fingerprint density at radius 3 is 2.76 bits per heavy atom. The number of benzene rings is 2. The highest BCUT2D eigenvalue weighted by Crippen LogP contribution is 2.27. The molecule has 0 N–H and O–H groups in total. The van der Waals surface area contributed by atoms with Crippen LogP contribution >= 0.6 is 15.9 Å². The highest BCUT2D eigenvalue weighted by molar-refractivity contribution is 9.10. The summed E-state index contributed by atoms with van der Waals surface area (Å²) in [6.07, 6.45) is 2.80. The van der Waals surface area contributed by atoms with E-state index in [4.69, 9.17) is 4.74 Å². The molecule has 3 nitrogen and oxygen atoms in total. The van der Waals surface area contributed by atoms with Crippen LogP contribution in [0.25, 0.3) is 10.9 Å². The van der Waals surface area contributed by atoms with Gasteiger partial charge in [-0.2, -0.15) is 0 Å². The molecule has 0 fully saturated rings. The lowest BCUT2D eigenvalue weighted by atomic mass is 10.2. The first kappa shape index (κ1) is 13.9. The number of hydrogen-bond donors (Lipinski definition) is 0. The summed E-state index contributed by atoms with van der Waals surface area (Å²) in [5.41, 5.74) is 2.92. The number of aromatic nitrogens is 1. The number of aldehydes is 1. The van der Waals surface area contributed by atoms with Crippen LogP contribution in [0.3, 0.4) is 0 Å². The Morgan fingerprint density at radius 2 is 2.05 bits per heavy atom. The van der Waals surface area contributed by atoms with Crippen molar-refractivity contribution in [3.05, 3.63) is 64.3 Å². The standard InChI is InChI=1S/C17H14BrNO2/c1-21-17-7-6-12(8-15(17)18)9-19-10-13(11-20)14-4-2-3-5-16(14)19/h2-8,10-11H,9H2,1H3. The fourth-order valence-electron chi connectivity index (χ4n) is 2.50. The van der Waals surface area contributed by atoms with E-state index in [0.717, 1.165) is 38.5 Å². The Bertz CT molecular complexity index is 808. The van der Waals surface area contributed by atoms with E-state index in [9.17, 15) is 4.79 Å². The van der Waals surface area contributed by atoms with Crippen LogP contribution in [0.15, 0.2) is 53.1 Å². The number of para-hydroxylation sites is 1. The molecule has 0 amide bonds. The number of rotatable bonds is 4. The Balaban J connectivity index is 2.02. The SMILES string of the molecule is COc1ccc(Cn2cc(C=O)c3ccccc32)cc1Br. The van der Waals surface area contributed by atoms with Crippen molar-refractivity contribution in [1.82, 2.24) is 4.57 Å². The maximum atomic E-state index is 11.2. The fourth-order valence-corrected chi connectivity index (χ4v) is 3.09. The average molecular weight is 344 g/mol. The van der Waals surface area contributed by atoms with Gasteiger partial charge in [-0.1, -0.05) is 24.3 Å². The molecule has 3 aromatic rings. The largest absolute Gasteiger partial charge is 0.496 e. The highest BCUT2D eigenvalue weighted by Gasteiger charge is 2.08.